The Balaban J connectivity index is 2.33. The molecule has 1 aromatic rings. The molecule has 8 nitrogen and oxygen atoms in total. The third kappa shape index (κ3) is 3.16. The van der Waals surface area contributed by atoms with E-state index in [0.717, 1.165) is 16.4 Å². The van der Waals surface area contributed by atoms with Gasteiger partial charge in [0.1, 0.15) is 0 Å². The number of benzene rings is 1. The lowest BCUT2D eigenvalue weighted by atomic mass is 10.3. The van der Waals surface area contributed by atoms with E-state index in [1.165, 1.54) is 0 Å². The average molecular weight is 317 g/mol. The first kappa shape index (κ1) is 15.3. The van der Waals surface area contributed by atoms with Crippen LogP contribution in [0.15, 0.2) is 23.1 Å². The summed E-state index contributed by atoms with van der Waals surface area (Å²) in [5.74, 6) is -1.48. The molecule has 1 aliphatic heterocycles. The Bertz CT molecular complexity index is 691. The fourth-order valence-electron chi connectivity index (χ4n) is 1.93. The molecular weight excluding hydrogens is 305 g/mol. The zero-order chi connectivity index (χ0) is 15.6. The Labute approximate surface area is 119 Å². The van der Waals surface area contributed by atoms with E-state index in [4.69, 9.17) is 0 Å². The van der Waals surface area contributed by atoms with Crippen molar-refractivity contribution in [2.24, 2.45) is 0 Å². The third-order valence-electron chi connectivity index (χ3n) is 3.03. The number of nitrogens with zero attached hydrogens (tertiary/aromatic N) is 2. The predicted molar refractivity (Wildman–Crippen MR) is 69.4 cm³/mol. The summed E-state index contributed by atoms with van der Waals surface area (Å²) in [6, 6.07) is 2.41. The maximum atomic E-state index is 13.5. The van der Waals surface area contributed by atoms with Crippen LogP contribution in [-0.4, -0.2) is 43.2 Å². The topological polar surface area (TPSA) is 110 Å². The summed E-state index contributed by atoms with van der Waals surface area (Å²) in [6.45, 7) is 0.201. The summed E-state index contributed by atoms with van der Waals surface area (Å²) < 4.78 is 39.3. The number of carbonyl (C=O) groups is 1. The van der Waals surface area contributed by atoms with Gasteiger partial charge in [-0.1, -0.05) is 0 Å². The van der Waals surface area contributed by atoms with Crippen LogP contribution in [0.3, 0.4) is 0 Å². The fourth-order valence-corrected chi connectivity index (χ4v) is 3.39. The van der Waals surface area contributed by atoms with Crippen molar-refractivity contribution in [2.75, 3.05) is 19.6 Å². The number of nitrogens with one attached hydrogen (secondary N) is 1. The van der Waals surface area contributed by atoms with Crippen molar-refractivity contribution < 1.29 is 22.5 Å². The quantitative estimate of drug-likeness (QED) is 0.634. The second-order valence-corrected chi connectivity index (χ2v) is 6.31. The Kier molecular flexibility index (Phi) is 4.19. The highest BCUT2D eigenvalue weighted by atomic mass is 32.2. The number of carbonyl (C=O) groups excluding carboxylic acids is 1. The van der Waals surface area contributed by atoms with Crippen molar-refractivity contribution in [3.05, 3.63) is 34.1 Å². The number of rotatable bonds is 3. The van der Waals surface area contributed by atoms with Crippen molar-refractivity contribution >= 4 is 21.6 Å². The number of hydrogen-bond donors (Lipinski definition) is 1. The molecule has 1 aliphatic rings. The summed E-state index contributed by atoms with van der Waals surface area (Å²) in [5, 5.41) is 13.1. The molecule has 0 aliphatic carbocycles. The smallest absolute Gasteiger partial charge is 0.304 e. The van der Waals surface area contributed by atoms with E-state index in [1.54, 1.807) is 0 Å². The molecule has 1 fully saturated rings. The standard InChI is InChI=1S/C11H12FN3O5S/c12-9-7-8(1-2-10(9)15(17)18)21(19,20)14-5-3-11(16)13-4-6-14/h1-2,7H,3-6H2,(H,13,16). The molecule has 0 atom stereocenters. The minimum absolute atomic E-state index is 0.00862. The number of nitro groups is 1. The molecular formula is C11H12FN3O5S. The molecule has 0 aromatic heterocycles. The number of sulfonamides is 1. The molecule has 1 aromatic carbocycles. The van der Waals surface area contributed by atoms with Gasteiger partial charge in [-0.25, -0.2) is 8.42 Å². The van der Waals surface area contributed by atoms with Crippen LogP contribution in [0.4, 0.5) is 10.1 Å². The second-order valence-electron chi connectivity index (χ2n) is 4.37. The number of hydrogen-bond acceptors (Lipinski definition) is 5. The molecule has 0 radical (unpaired) electrons. The average Bonchev–Trinajstić information content (AvgIpc) is 2.63. The van der Waals surface area contributed by atoms with Gasteiger partial charge in [0.05, 0.1) is 9.82 Å². The van der Waals surface area contributed by atoms with E-state index in [1.807, 2.05) is 0 Å². The van der Waals surface area contributed by atoms with Crippen LogP contribution in [0, 0.1) is 15.9 Å². The van der Waals surface area contributed by atoms with Crippen LogP contribution in [-0.2, 0) is 14.8 Å². The van der Waals surface area contributed by atoms with Gasteiger partial charge >= 0.3 is 5.69 Å². The Morgan fingerprint density at radius 3 is 2.67 bits per heavy atom. The van der Waals surface area contributed by atoms with E-state index < -0.39 is 26.5 Å². The van der Waals surface area contributed by atoms with Crippen LogP contribution in [0.25, 0.3) is 0 Å². The fraction of sp³-hybridized carbons (Fsp3) is 0.364. The Morgan fingerprint density at radius 1 is 1.33 bits per heavy atom. The molecule has 0 unspecified atom stereocenters. The van der Waals surface area contributed by atoms with E-state index in [2.05, 4.69) is 5.32 Å². The molecule has 1 saturated heterocycles. The minimum Gasteiger partial charge on any atom is -0.355 e. The Hall–Kier alpha value is -2.07. The van der Waals surface area contributed by atoms with Crippen LogP contribution >= 0.6 is 0 Å². The van der Waals surface area contributed by atoms with E-state index >= 15 is 0 Å². The normalized spacial score (nSPS) is 17.1. The highest BCUT2D eigenvalue weighted by Gasteiger charge is 2.28. The van der Waals surface area contributed by atoms with Crippen molar-refractivity contribution in [2.45, 2.75) is 11.3 Å². The van der Waals surface area contributed by atoms with E-state index in [-0.39, 0.29) is 36.9 Å². The molecule has 21 heavy (non-hydrogen) atoms. The van der Waals surface area contributed by atoms with E-state index in [9.17, 15) is 27.7 Å². The Morgan fingerprint density at radius 2 is 2.05 bits per heavy atom. The van der Waals surface area contributed by atoms with E-state index in [0.29, 0.717) is 6.07 Å². The van der Waals surface area contributed by atoms with Gasteiger partial charge in [0, 0.05) is 38.2 Å². The van der Waals surface area contributed by atoms with Crippen LogP contribution in [0.5, 0.6) is 0 Å². The lowest BCUT2D eigenvalue weighted by molar-refractivity contribution is -0.387. The van der Waals surface area contributed by atoms with Crippen molar-refractivity contribution in [1.82, 2.24) is 9.62 Å². The van der Waals surface area contributed by atoms with Gasteiger partial charge in [-0.3, -0.25) is 14.9 Å². The van der Waals surface area contributed by atoms with Gasteiger partial charge < -0.3 is 5.32 Å². The highest BCUT2D eigenvalue weighted by Crippen LogP contribution is 2.23. The van der Waals surface area contributed by atoms with Gasteiger partial charge in [-0.05, 0) is 6.07 Å². The summed E-state index contributed by atoms with van der Waals surface area (Å²) >= 11 is 0. The van der Waals surface area contributed by atoms with Gasteiger partial charge in [-0.15, -0.1) is 0 Å². The molecule has 114 valence electrons. The largest absolute Gasteiger partial charge is 0.355 e. The summed E-state index contributed by atoms with van der Waals surface area (Å²) in [7, 11) is -4.00. The molecule has 1 heterocycles. The second kappa shape index (κ2) is 5.74. The molecule has 0 bridgehead atoms. The molecule has 10 heteroatoms. The van der Waals surface area contributed by atoms with Crippen molar-refractivity contribution in [3.63, 3.8) is 0 Å². The zero-order valence-electron chi connectivity index (χ0n) is 10.8. The lowest BCUT2D eigenvalue weighted by Gasteiger charge is -2.19. The summed E-state index contributed by atoms with van der Waals surface area (Å²) in [6.07, 6.45) is 0.00862. The third-order valence-corrected chi connectivity index (χ3v) is 4.92. The van der Waals surface area contributed by atoms with Crippen LogP contribution in [0.2, 0.25) is 0 Å². The van der Waals surface area contributed by atoms with Gasteiger partial charge in [0.2, 0.25) is 21.7 Å². The monoisotopic (exact) mass is 317 g/mol. The SMILES string of the molecule is O=C1CCN(S(=O)(=O)c2ccc([N+](=O)[O-])c(F)c2)CCN1. The maximum absolute atomic E-state index is 13.5. The zero-order valence-corrected chi connectivity index (χ0v) is 11.6. The first-order valence-electron chi connectivity index (χ1n) is 6.03. The summed E-state index contributed by atoms with van der Waals surface area (Å²) in [5.41, 5.74) is -0.790. The molecule has 0 saturated carbocycles. The first-order chi connectivity index (χ1) is 9.82. The van der Waals surface area contributed by atoms with Crippen LogP contribution < -0.4 is 5.32 Å². The lowest BCUT2D eigenvalue weighted by Crippen LogP contribution is -2.34. The highest BCUT2D eigenvalue weighted by molar-refractivity contribution is 7.89. The molecule has 2 rings (SSSR count). The van der Waals surface area contributed by atoms with Crippen LogP contribution in [0.1, 0.15) is 6.42 Å². The first-order valence-corrected chi connectivity index (χ1v) is 7.47. The van der Waals surface area contributed by atoms with Gasteiger partial charge in [0.15, 0.2) is 0 Å². The summed E-state index contributed by atoms with van der Waals surface area (Å²) in [4.78, 5) is 20.4. The van der Waals surface area contributed by atoms with Gasteiger partial charge in [0.25, 0.3) is 0 Å². The van der Waals surface area contributed by atoms with Gasteiger partial charge in [-0.2, -0.15) is 8.70 Å². The minimum atomic E-state index is -4.00. The molecule has 0 spiro atoms. The molecule has 1 N–H and O–H groups in total. The number of nitro benzene ring substituents is 1. The van der Waals surface area contributed by atoms with Crippen molar-refractivity contribution in [1.29, 1.82) is 0 Å². The number of amides is 1. The van der Waals surface area contributed by atoms with Crippen molar-refractivity contribution in [3.8, 4) is 0 Å². The maximum Gasteiger partial charge on any atom is 0.304 e. The molecule has 1 amide bonds. The predicted octanol–water partition coefficient (Wildman–Crippen LogP) is 0.245. The number of halogens is 1.